The van der Waals surface area contributed by atoms with Gasteiger partial charge in [0.15, 0.2) is 0 Å². The number of benzene rings is 2. The van der Waals surface area contributed by atoms with Crippen molar-refractivity contribution in [2.75, 3.05) is 43.9 Å². The van der Waals surface area contributed by atoms with E-state index in [0.717, 1.165) is 16.8 Å². The minimum absolute atomic E-state index is 0.0567. The third-order valence-corrected chi connectivity index (χ3v) is 11.8. The summed E-state index contributed by atoms with van der Waals surface area (Å²) >= 11 is 0. The average molecular weight is 706 g/mol. The van der Waals surface area contributed by atoms with Crippen molar-refractivity contribution in [2.24, 2.45) is 0 Å². The number of sulfonamides is 1. The van der Waals surface area contributed by atoms with Gasteiger partial charge in [-0.25, -0.2) is 17.5 Å². The molecule has 1 N–H and O–H groups in total. The Morgan fingerprint density at radius 2 is 1.78 bits per heavy atom. The standard InChI is InChI=1S/C37H47N5O7S/c1-37(2,39-25-27-7-6-17-38-24-27)16-22-50(45,46)41-20-14-30(15-21-41)49-31-10-11-32(34(23-31)47-3)35(43)40-18-12-29(13-19-40)42-33-9-5-4-8-28(33)26-48-36(42)44/h4-11,17,23-24,29-30,39H,12-16,18-22,25-26H2,1-3H3. The van der Waals surface area contributed by atoms with Crippen LogP contribution >= 0.6 is 0 Å². The van der Waals surface area contributed by atoms with E-state index in [1.807, 2.05) is 50.2 Å². The van der Waals surface area contributed by atoms with Crippen LogP contribution in [0.3, 0.4) is 0 Å². The van der Waals surface area contributed by atoms with Crippen molar-refractivity contribution in [1.29, 1.82) is 0 Å². The molecule has 2 aromatic carbocycles. The number of methoxy groups -OCH3 is 1. The van der Waals surface area contributed by atoms with Gasteiger partial charge in [0.1, 0.15) is 24.2 Å². The number of rotatable bonds is 12. The first-order chi connectivity index (χ1) is 24.0. The number of hydrogen-bond donors (Lipinski definition) is 1. The number of carbonyl (C=O) groups excluding carboxylic acids is 2. The van der Waals surface area contributed by atoms with Crippen LogP contribution in [0.2, 0.25) is 0 Å². The third kappa shape index (κ3) is 8.39. The molecule has 13 heteroatoms. The topological polar surface area (TPSA) is 131 Å². The fraction of sp³-hybridized carbons (Fsp3) is 0.486. The number of cyclic esters (lactones) is 1. The van der Waals surface area contributed by atoms with Gasteiger partial charge in [0.25, 0.3) is 5.91 Å². The van der Waals surface area contributed by atoms with E-state index in [1.54, 1.807) is 44.7 Å². The van der Waals surface area contributed by atoms with Crippen molar-refractivity contribution in [3.63, 3.8) is 0 Å². The summed E-state index contributed by atoms with van der Waals surface area (Å²) in [5, 5.41) is 3.45. The number of nitrogens with zero attached hydrogens (tertiary/aromatic N) is 4. The maximum atomic E-state index is 13.6. The monoisotopic (exact) mass is 705 g/mol. The molecule has 0 atom stereocenters. The number of anilines is 1. The number of nitrogens with one attached hydrogen (secondary N) is 1. The van der Waals surface area contributed by atoms with E-state index in [9.17, 15) is 18.0 Å². The van der Waals surface area contributed by atoms with Crippen LogP contribution in [-0.4, -0.2) is 91.3 Å². The summed E-state index contributed by atoms with van der Waals surface area (Å²) in [6, 6.07) is 16.8. The molecular weight excluding hydrogens is 659 g/mol. The Kier molecular flexibility index (Phi) is 10.9. The van der Waals surface area contributed by atoms with Gasteiger partial charge in [0, 0.05) is 68.3 Å². The zero-order chi connectivity index (χ0) is 35.3. The fourth-order valence-corrected chi connectivity index (χ4v) is 8.60. The first kappa shape index (κ1) is 35.6. The lowest BCUT2D eigenvalue weighted by molar-refractivity contribution is 0.0705. The Bertz CT molecular complexity index is 1750. The van der Waals surface area contributed by atoms with Crippen LogP contribution in [0, 0.1) is 0 Å². The fourth-order valence-electron chi connectivity index (χ4n) is 6.81. The van der Waals surface area contributed by atoms with Gasteiger partial charge in [-0.2, -0.15) is 0 Å². The van der Waals surface area contributed by atoms with Gasteiger partial charge in [-0.3, -0.25) is 14.7 Å². The number of ether oxygens (including phenoxy) is 3. The molecule has 3 aliphatic rings. The van der Waals surface area contributed by atoms with Gasteiger partial charge in [-0.1, -0.05) is 24.3 Å². The smallest absolute Gasteiger partial charge is 0.414 e. The lowest BCUT2D eigenvalue weighted by Gasteiger charge is -2.40. The summed E-state index contributed by atoms with van der Waals surface area (Å²) in [5.41, 5.74) is 3.00. The summed E-state index contributed by atoms with van der Waals surface area (Å²) in [7, 11) is -1.89. The van der Waals surface area contributed by atoms with E-state index in [4.69, 9.17) is 14.2 Å². The second kappa shape index (κ2) is 15.4. The van der Waals surface area contributed by atoms with Gasteiger partial charge in [0.2, 0.25) is 10.0 Å². The number of hydrogen-bond acceptors (Lipinski definition) is 9. The van der Waals surface area contributed by atoms with Crippen LogP contribution in [0.4, 0.5) is 10.5 Å². The highest BCUT2D eigenvalue weighted by Crippen LogP contribution is 2.33. The normalized spacial score (nSPS) is 18.0. The quantitative estimate of drug-likeness (QED) is 0.277. The second-order valence-electron chi connectivity index (χ2n) is 13.8. The number of para-hydroxylation sites is 1. The van der Waals surface area contributed by atoms with Crippen LogP contribution in [0.1, 0.15) is 67.4 Å². The number of piperidine rings is 2. The molecular formula is C37H47N5O7S. The summed E-state index contributed by atoms with van der Waals surface area (Å²) in [5.74, 6) is 0.918. The molecule has 2 amide bonds. The molecule has 268 valence electrons. The van der Waals surface area contributed by atoms with Gasteiger partial charge >= 0.3 is 6.09 Å². The van der Waals surface area contributed by atoms with E-state index in [2.05, 4.69) is 10.3 Å². The molecule has 0 saturated carbocycles. The highest BCUT2D eigenvalue weighted by atomic mass is 32.2. The zero-order valence-electron chi connectivity index (χ0n) is 29.0. The lowest BCUT2D eigenvalue weighted by atomic mass is 10.00. The predicted octanol–water partition coefficient (Wildman–Crippen LogP) is 4.98. The van der Waals surface area contributed by atoms with Gasteiger partial charge < -0.3 is 24.4 Å². The molecule has 0 spiro atoms. The molecule has 2 saturated heterocycles. The van der Waals surface area contributed by atoms with Crippen molar-refractivity contribution in [3.8, 4) is 11.5 Å². The summed E-state index contributed by atoms with van der Waals surface area (Å²) < 4.78 is 45.3. The van der Waals surface area contributed by atoms with Crippen LogP contribution < -0.4 is 19.7 Å². The largest absolute Gasteiger partial charge is 0.496 e. The molecule has 50 heavy (non-hydrogen) atoms. The van der Waals surface area contributed by atoms with Crippen molar-refractivity contribution in [2.45, 2.75) is 76.8 Å². The SMILES string of the molecule is COc1cc(OC2CCN(S(=O)(=O)CCC(C)(C)NCc3cccnc3)CC2)ccc1C(=O)N1CCC(N2C(=O)OCc3ccccc32)CC1. The third-order valence-electron chi connectivity index (χ3n) is 9.90. The van der Waals surface area contributed by atoms with Gasteiger partial charge in [-0.05, 0) is 75.8 Å². The minimum Gasteiger partial charge on any atom is -0.496 e. The number of likely N-dealkylation sites (tertiary alicyclic amines) is 1. The van der Waals surface area contributed by atoms with Crippen molar-refractivity contribution >= 4 is 27.7 Å². The molecule has 3 aromatic rings. The predicted molar refractivity (Wildman–Crippen MR) is 190 cm³/mol. The molecule has 1 aromatic heterocycles. The first-order valence-electron chi connectivity index (χ1n) is 17.3. The van der Waals surface area contributed by atoms with Crippen molar-refractivity contribution < 1.29 is 32.2 Å². The number of pyridine rings is 1. The molecule has 2 fully saturated rings. The highest BCUT2D eigenvalue weighted by molar-refractivity contribution is 7.89. The molecule has 0 unspecified atom stereocenters. The zero-order valence-corrected chi connectivity index (χ0v) is 29.9. The van der Waals surface area contributed by atoms with Gasteiger partial charge in [-0.15, -0.1) is 0 Å². The molecule has 6 rings (SSSR count). The maximum absolute atomic E-state index is 13.6. The van der Waals surface area contributed by atoms with Crippen LogP contribution in [0.15, 0.2) is 67.0 Å². The van der Waals surface area contributed by atoms with Crippen molar-refractivity contribution in [1.82, 2.24) is 19.5 Å². The summed E-state index contributed by atoms with van der Waals surface area (Å²) in [6.45, 7) is 6.70. The summed E-state index contributed by atoms with van der Waals surface area (Å²) in [6.07, 6.45) is 5.91. The van der Waals surface area contributed by atoms with E-state index in [0.29, 0.717) is 81.9 Å². The Morgan fingerprint density at radius 1 is 1.02 bits per heavy atom. The lowest BCUT2D eigenvalue weighted by Crippen LogP contribution is -2.50. The maximum Gasteiger partial charge on any atom is 0.414 e. The highest BCUT2D eigenvalue weighted by Gasteiger charge is 2.36. The van der Waals surface area contributed by atoms with Crippen LogP contribution in [-0.2, 0) is 27.9 Å². The van der Waals surface area contributed by atoms with E-state index >= 15 is 0 Å². The van der Waals surface area contributed by atoms with Crippen LogP contribution in [0.5, 0.6) is 11.5 Å². The van der Waals surface area contributed by atoms with Gasteiger partial charge in [0.05, 0.1) is 24.1 Å². The average Bonchev–Trinajstić information content (AvgIpc) is 3.14. The first-order valence-corrected chi connectivity index (χ1v) is 18.9. The Morgan fingerprint density at radius 3 is 2.50 bits per heavy atom. The van der Waals surface area contributed by atoms with Crippen molar-refractivity contribution in [3.05, 3.63) is 83.7 Å². The molecule has 3 aliphatic heterocycles. The minimum atomic E-state index is -3.42. The Hall–Kier alpha value is -4.20. The Balaban J connectivity index is 0.982. The number of aromatic nitrogens is 1. The number of carbonyl (C=O) groups is 2. The van der Waals surface area contributed by atoms with E-state index < -0.39 is 10.0 Å². The molecule has 0 aliphatic carbocycles. The number of amides is 2. The Labute approximate surface area is 294 Å². The van der Waals surface area contributed by atoms with E-state index in [1.165, 1.54) is 7.11 Å². The summed E-state index contributed by atoms with van der Waals surface area (Å²) in [4.78, 5) is 34.0. The molecule has 0 radical (unpaired) electrons. The van der Waals surface area contributed by atoms with Crippen LogP contribution in [0.25, 0.3) is 0 Å². The molecule has 0 bridgehead atoms. The van der Waals surface area contributed by atoms with E-state index in [-0.39, 0.29) is 42.0 Å². The molecule has 12 nitrogen and oxygen atoms in total. The molecule has 4 heterocycles. The number of fused-ring (bicyclic) bond motifs is 1. The second-order valence-corrected chi connectivity index (χ2v) is 15.9.